The van der Waals surface area contributed by atoms with Crippen LogP contribution in [0.4, 0.5) is 0 Å². The molecule has 0 amide bonds. The first kappa shape index (κ1) is 14.4. The number of aldehydes is 1. The van der Waals surface area contributed by atoms with Crippen LogP contribution in [-0.2, 0) is 4.79 Å². The van der Waals surface area contributed by atoms with Crippen molar-refractivity contribution in [3.63, 3.8) is 0 Å². The van der Waals surface area contributed by atoms with Gasteiger partial charge in [0.05, 0.1) is 5.92 Å². The Morgan fingerprint density at radius 2 is 1.83 bits per heavy atom. The molecule has 1 rings (SSSR count). The maximum atomic E-state index is 11.2. The Morgan fingerprint density at radius 1 is 1.28 bits per heavy atom. The summed E-state index contributed by atoms with van der Waals surface area (Å²) in [6.07, 6.45) is 0.846. The van der Waals surface area contributed by atoms with Gasteiger partial charge < -0.3 is 4.79 Å². The monoisotopic (exact) mass is 249 g/mol. The lowest BCUT2D eigenvalue weighted by Crippen LogP contribution is -2.26. The quantitative estimate of drug-likeness (QED) is 0.442. The molecule has 1 aromatic carbocycles. The van der Waals surface area contributed by atoms with E-state index in [1.807, 2.05) is 45.0 Å². The van der Waals surface area contributed by atoms with Crippen LogP contribution < -0.4 is 0 Å². The zero-order valence-electron chi connectivity index (χ0n) is 11.0. The minimum Gasteiger partial charge on any atom is -0.303 e. The largest absolute Gasteiger partial charge is 0.303 e. The first-order valence-electron chi connectivity index (χ1n) is 6.09. The minimum atomic E-state index is -0.349. The standard InChI is InChI=1S/C14H19NO3/c1-10(2)14(9-16)13(8-15(17)18)12-6-4-11(3)5-7-12/h4-7,9-10,13-14H,8H2,1-3H3/t13-,14-/m1/s1. The Balaban J connectivity index is 3.07. The van der Waals surface area contributed by atoms with E-state index in [1.54, 1.807) is 0 Å². The molecule has 0 spiro atoms. The first-order valence-corrected chi connectivity index (χ1v) is 6.09. The molecule has 0 aromatic heterocycles. The summed E-state index contributed by atoms with van der Waals surface area (Å²) in [5.74, 6) is -0.579. The highest BCUT2D eigenvalue weighted by Gasteiger charge is 2.29. The summed E-state index contributed by atoms with van der Waals surface area (Å²) in [5, 5.41) is 10.8. The van der Waals surface area contributed by atoms with Gasteiger partial charge in [0.1, 0.15) is 6.29 Å². The summed E-state index contributed by atoms with van der Waals surface area (Å²) >= 11 is 0. The topological polar surface area (TPSA) is 60.2 Å². The van der Waals surface area contributed by atoms with E-state index in [0.717, 1.165) is 17.4 Å². The molecule has 98 valence electrons. The number of carbonyl (C=O) groups is 1. The lowest BCUT2D eigenvalue weighted by atomic mass is 9.80. The zero-order valence-corrected chi connectivity index (χ0v) is 11.0. The third-order valence-electron chi connectivity index (χ3n) is 3.24. The fourth-order valence-corrected chi connectivity index (χ4v) is 2.14. The molecule has 0 N–H and O–H groups in total. The Hall–Kier alpha value is -1.71. The molecule has 2 atom stereocenters. The van der Waals surface area contributed by atoms with Crippen LogP contribution in [0.3, 0.4) is 0 Å². The van der Waals surface area contributed by atoms with Crippen molar-refractivity contribution < 1.29 is 9.72 Å². The summed E-state index contributed by atoms with van der Waals surface area (Å²) in [7, 11) is 0. The highest BCUT2D eigenvalue weighted by molar-refractivity contribution is 5.56. The molecule has 0 bridgehead atoms. The molecule has 0 unspecified atom stereocenters. The Kier molecular flexibility index (Phi) is 5.01. The van der Waals surface area contributed by atoms with E-state index in [4.69, 9.17) is 0 Å². The van der Waals surface area contributed by atoms with Crippen LogP contribution >= 0.6 is 0 Å². The molecule has 0 fully saturated rings. The Labute approximate surface area is 107 Å². The van der Waals surface area contributed by atoms with Crippen molar-refractivity contribution in [1.82, 2.24) is 0 Å². The van der Waals surface area contributed by atoms with Gasteiger partial charge in [-0.2, -0.15) is 0 Å². The maximum absolute atomic E-state index is 11.2. The number of benzene rings is 1. The molecule has 1 aromatic rings. The van der Waals surface area contributed by atoms with E-state index in [-0.39, 0.29) is 29.2 Å². The number of hydrogen-bond acceptors (Lipinski definition) is 3. The van der Waals surface area contributed by atoms with Gasteiger partial charge in [-0.25, -0.2) is 0 Å². The number of rotatable bonds is 6. The van der Waals surface area contributed by atoms with E-state index < -0.39 is 0 Å². The van der Waals surface area contributed by atoms with Crippen LogP contribution in [0.1, 0.15) is 30.9 Å². The summed E-state index contributed by atoms with van der Waals surface area (Å²) in [6, 6.07) is 7.60. The second-order valence-corrected chi connectivity index (χ2v) is 4.99. The maximum Gasteiger partial charge on any atom is 0.211 e. The molecule has 4 nitrogen and oxygen atoms in total. The second kappa shape index (κ2) is 6.28. The molecule has 0 heterocycles. The van der Waals surface area contributed by atoms with E-state index in [2.05, 4.69) is 0 Å². The normalized spacial score (nSPS) is 14.2. The predicted octanol–water partition coefficient (Wildman–Crippen LogP) is 2.83. The van der Waals surface area contributed by atoms with Gasteiger partial charge in [0.2, 0.25) is 6.54 Å². The third kappa shape index (κ3) is 3.65. The molecule has 0 aliphatic rings. The molecule has 0 aliphatic heterocycles. The van der Waals surface area contributed by atoms with Crippen molar-refractivity contribution in [2.75, 3.05) is 6.54 Å². The van der Waals surface area contributed by atoms with Crippen LogP contribution in [0, 0.1) is 28.9 Å². The van der Waals surface area contributed by atoms with Gasteiger partial charge in [0.25, 0.3) is 0 Å². The van der Waals surface area contributed by atoms with Gasteiger partial charge >= 0.3 is 0 Å². The average molecular weight is 249 g/mol. The predicted molar refractivity (Wildman–Crippen MR) is 70.2 cm³/mol. The van der Waals surface area contributed by atoms with Crippen LogP contribution in [0.2, 0.25) is 0 Å². The van der Waals surface area contributed by atoms with Crippen LogP contribution in [0.25, 0.3) is 0 Å². The zero-order chi connectivity index (χ0) is 13.7. The van der Waals surface area contributed by atoms with Gasteiger partial charge in [0.15, 0.2) is 0 Å². The molecule has 0 saturated carbocycles. The van der Waals surface area contributed by atoms with Gasteiger partial charge in [-0.15, -0.1) is 0 Å². The van der Waals surface area contributed by atoms with E-state index in [0.29, 0.717) is 0 Å². The first-order chi connectivity index (χ1) is 8.45. The smallest absolute Gasteiger partial charge is 0.211 e. The van der Waals surface area contributed by atoms with E-state index in [9.17, 15) is 14.9 Å². The van der Waals surface area contributed by atoms with Crippen molar-refractivity contribution in [2.24, 2.45) is 11.8 Å². The molecule has 0 aliphatic carbocycles. The van der Waals surface area contributed by atoms with Gasteiger partial charge in [-0.1, -0.05) is 43.7 Å². The molecular weight excluding hydrogens is 230 g/mol. The SMILES string of the molecule is Cc1ccc([C@@H](C[N+](=O)[O-])[C@H](C=O)C(C)C)cc1. The number of nitro groups is 1. The average Bonchev–Trinajstić information content (AvgIpc) is 2.28. The van der Waals surface area contributed by atoms with Crippen molar-refractivity contribution >= 4 is 6.29 Å². The van der Waals surface area contributed by atoms with Crippen molar-refractivity contribution in [2.45, 2.75) is 26.7 Å². The molecule has 4 heteroatoms. The van der Waals surface area contributed by atoms with Gasteiger partial charge in [-0.05, 0) is 18.4 Å². The number of nitrogens with zero attached hydrogens (tertiary/aromatic N) is 1. The van der Waals surface area contributed by atoms with E-state index in [1.165, 1.54) is 0 Å². The lowest BCUT2D eigenvalue weighted by molar-refractivity contribution is -0.484. The fraction of sp³-hybridized carbons (Fsp3) is 0.500. The molecule has 18 heavy (non-hydrogen) atoms. The highest BCUT2D eigenvalue weighted by atomic mass is 16.6. The third-order valence-corrected chi connectivity index (χ3v) is 3.24. The number of aryl methyl sites for hydroxylation is 1. The summed E-state index contributed by atoms with van der Waals surface area (Å²) in [4.78, 5) is 21.6. The number of hydrogen-bond donors (Lipinski definition) is 0. The lowest BCUT2D eigenvalue weighted by Gasteiger charge is -2.23. The highest BCUT2D eigenvalue weighted by Crippen LogP contribution is 2.29. The second-order valence-electron chi connectivity index (χ2n) is 4.99. The van der Waals surface area contributed by atoms with Gasteiger partial charge in [0, 0.05) is 10.8 Å². The van der Waals surface area contributed by atoms with Crippen molar-refractivity contribution in [3.05, 3.63) is 45.5 Å². The summed E-state index contributed by atoms with van der Waals surface area (Å²) in [6.45, 7) is 5.59. The van der Waals surface area contributed by atoms with E-state index >= 15 is 0 Å². The Bertz CT molecular complexity index is 412. The summed E-state index contributed by atoms with van der Waals surface area (Å²) < 4.78 is 0. The molecule has 0 saturated heterocycles. The van der Waals surface area contributed by atoms with Crippen LogP contribution in [-0.4, -0.2) is 17.8 Å². The Morgan fingerprint density at radius 3 is 2.22 bits per heavy atom. The number of carbonyl (C=O) groups excluding carboxylic acids is 1. The van der Waals surface area contributed by atoms with Crippen LogP contribution in [0.5, 0.6) is 0 Å². The van der Waals surface area contributed by atoms with Gasteiger partial charge in [-0.3, -0.25) is 10.1 Å². The van der Waals surface area contributed by atoms with Crippen molar-refractivity contribution in [3.8, 4) is 0 Å². The molecule has 0 radical (unpaired) electrons. The molecular formula is C14H19NO3. The van der Waals surface area contributed by atoms with Crippen LogP contribution in [0.15, 0.2) is 24.3 Å². The fourth-order valence-electron chi connectivity index (χ4n) is 2.14. The van der Waals surface area contributed by atoms with Crippen molar-refractivity contribution in [1.29, 1.82) is 0 Å². The summed E-state index contributed by atoms with van der Waals surface area (Å²) in [5.41, 5.74) is 1.97. The minimum absolute atomic E-state index is 0.0914.